The molecule has 6 N–H and O–H groups in total. The molecule has 1 amide bonds. The van der Waals surface area contributed by atoms with E-state index >= 15 is 0 Å². The van der Waals surface area contributed by atoms with E-state index in [2.05, 4.69) is 26.2 Å². The number of aromatic hydroxyl groups is 1. The van der Waals surface area contributed by atoms with Crippen LogP contribution in [-0.4, -0.2) is 43.8 Å². The van der Waals surface area contributed by atoms with Gasteiger partial charge in [0.2, 0.25) is 0 Å². The van der Waals surface area contributed by atoms with Gasteiger partial charge in [-0.1, -0.05) is 0 Å². The Hall–Kier alpha value is -1.64. The Balaban J connectivity index is 0.000000509. The number of aromatic nitrogens is 1. The molecule has 8 nitrogen and oxygen atoms in total. The third-order valence-corrected chi connectivity index (χ3v) is 4.81. The van der Waals surface area contributed by atoms with Crippen LogP contribution >= 0.6 is 15.9 Å². The number of carbonyl (C=O) groups is 1. The number of hydrogen-bond acceptors (Lipinski definition) is 4. The number of amides is 1. The number of benzene rings is 1. The summed E-state index contributed by atoms with van der Waals surface area (Å²) in [6.45, 7) is 1.23. The minimum absolute atomic E-state index is 0. The predicted octanol–water partition coefficient (Wildman–Crippen LogP) is -0.0690. The van der Waals surface area contributed by atoms with Crippen LogP contribution in [0.25, 0.3) is 0 Å². The van der Waals surface area contributed by atoms with E-state index in [1.165, 1.54) is 19.1 Å². The molecule has 0 fully saturated rings. The Morgan fingerprint density at radius 3 is 2.30 bits per heavy atom. The summed E-state index contributed by atoms with van der Waals surface area (Å²) in [6, 6.07) is 7.64. The molecule has 0 saturated heterocycles. The summed E-state index contributed by atoms with van der Waals surface area (Å²) in [5.74, 6) is -1.01. The summed E-state index contributed by atoms with van der Waals surface area (Å²) in [6.07, 6.45) is 3.49. The minimum atomic E-state index is -5.15. The zero-order chi connectivity index (χ0) is 16.8. The molecule has 10 heteroatoms. The second-order valence-corrected chi connectivity index (χ2v) is 8.28. The van der Waals surface area contributed by atoms with Crippen molar-refractivity contribution in [3.8, 4) is 5.75 Å². The topological polar surface area (TPSA) is 151 Å². The molecule has 0 aliphatic rings. The largest absolute Gasteiger partial charge is 0.412 e. The first-order chi connectivity index (χ1) is 10.2. The van der Waals surface area contributed by atoms with Crippen molar-refractivity contribution in [2.45, 2.75) is 6.92 Å². The van der Waals surface area contributed by atoms with Crippen molar-refractivity contribution in [1.82, 2.24) is 4.98 Å². The van der Waals surface area contributed by atoms with Gasteiger partial charge in [0.05, 0.1) is 0 Å². The van der Waals surface area contributed by atoms with Gasteiger partial charge in [0.25, 0.3) is 0 Å². The molecule has 0 atom stereocenters. The van der Waals surface area contributed by atoms with Crippen LogP contribution < -0.4 is 9.67 Å². The van der Waals surface area contributed by atoms with E-state index in [0.29, 0.717) is 0 Å². The zero-order valence-corrected chi connectivity index (χ0v) is 15.4. The number of para-hydroxylation sites is 1. The van der Waals surface area contributed by atoms with Gasteiger partial charge < -0.3 is 5.48 Å². The normalized spacial score (nSPS) is 9.91. The first-order valence-electron chi connectivity index (χ1n) is 5.93. The zero-order valence-electron chi connectivity index (χ0n) is 12.0. The van der Waals surface area contributed by atoms with E-state index < -0.39 is 30.2 Å². The number of nitrogens with zero attached hydrogens (tertiary/aromatic N) is 1. The molecule has 0 aliphatic carbocycles. The van der Waals surface area contributed by atoms with Crippen LogP contribution in [0.4, 0.5) is 5.69 Å². The molecule has 1 heterocycles. The van der Waals surface area contributed by atoms with E-state index in [9.17, 15) is 13.6 Å². The summed E-state index contributed by atoms with van der Waals surface area (Å²) >= 11 is -1.90. The van der Waals surface area contributed by atoms with Crippen LogP contribution in [0.15, 0.2) is 47.2 Å². The van der Waals surface area contributed by atoms with Crippen LogP contribution in [0.5, 0.6) is 5.75 Å². The monoisotopic (exact) mass is 450 g/mol. The van der Waals surface area contributed by atoms with Gasteiger partial charge in [0.1, 0.15) is 0 Å². The van der Waals surface area contributed by atoms with Crippen LogP contribution in [0.1, 0.15) is 6.92 Å². The summed E-state index contributed by atoms with van der Waals surface area (Å²) in [4.78, 5) is 14.6. The second kappa shape index (κ2) is 9.49. The second-order valence-electron chi connectivity index (χ2n) is 4.07. The molecule has 2 rings (SSSR count). The molecule has 0 spiro atoms. The van der Waals surface area contributed by atoms with Crippen molar-refractivity contribution < 1.29 is 27.3 Å². The molecule has 2 aromatic rings. The maximum Gasteiger partial charge on any atom is -0.412 e. The van der Waals surface area contributed by atoms with Crippen molar-refractivity contribution >= 4 is 46.0 Å². The average Bonchev–Trinajstić information content (AvgIpc) is 2.41. The number of carbonyl (C=O) groups excluding carboxylic acids is 1. The van der Waals surface area contributed by atoms with Gasteiger partial charge in [-0.15, -0.1) is 0 Å². The van der Waals surface area contributed by atoms with Crippen molar-refractivity contribution in [2.24, 2.45) is 0 Å². The molecule has 0 bridgehead atoms. The van der Waals surface area contributed by atoms with Crippen molar-refractivity contribution in [1.29, 1.82) is 0 Å². The van der Waals surface area contributed by atoms with E-state index in [1.54, 1.807) is 12.4 Å². The Morgan fingerprint density at radius 1 is 1.26 bits per heavy atom. The fourth-order valence-electron chi connectivity index (χ4n) is 1.40. The van der Waals surface area contributed by atoms with Gasteiger partial charge in [0, 0.05) is 16.9 Å². The van der Waals surface area contributed by atoms with Gasteiger partial charge in [-0.25, -0.2) is 0 Å². The fourth-order valence-corrected chi connectivity index (χ4v) is 3.09. The molecule has 1 aromatic heterocycles. The molecule has 0 radical (unpaired) electrons. The van der Waals surface area contributed by atoms with Crippen molar-refractivity contribution in [3.05, 3.63) is 47.2 Å². The Labute approximate surface area is 143 Å². The molecule has 126 valence electrons. The SMILES string of the molecule is Brc1cccnc1.CC(=O)Nc1cccc([As](=O)(O)O)c1O.O. The van der Waals surface area contributed by atoms with Gasteiger partial charge in [-0.05, 0) is 28.1 Å². The number of phenolic OH excluding ortho intramolecular Hbond substituents is 1. The number of hydrogen-bond donors (Lipinski definition) is 4. The first kappa shape index (κ1) is 21.4. The quantitative estimate of drug-likeness (QED) is 0.371. The first-order valence-corrected chi connectivity index (χ1v) is 10.1. The van der Waals surface area contributed by atoms with Gasteiger partial charge in [-0.3, -0.25) is 4.98 Å². The summed E-state index contributed by atoms with van der Waals surface area (Å²) in [5.41, 5.74) is -0.00951. The summed E-state index contributed by atoms with van der Waals surface area (Å²) in [5, 5.41) is 11.7. The third kappa shape index (κ3) is 7.44. The summed E-state index contributed by atoms with van der Waals surface area (Å²) in [7, 11) is 0. The van der Waals surface area contributed by atoms with Gasteiger partial charge in [-0.2, -0.15) is 0 Å². The van der Waals surface area contributed by atoms with Crippen LogP contribution in [0, 0.1) is 0 Å². The van der Waals surface area contributed by atoms with E-state index in [1.807, 2.05) is 12.1 Å². The number of rotatable bonds is 2. The van der Waals surface area contributed by atoms with Gasteiger partial charge in [0.15, 0.2) is 0 Å². The van der Waals surface area contributed by atoms with Crippen molar-refractivity contribution in [2.75, 3.05) is 5.32 Å². The number of nitrogens with one attached hydrogen (secondary N) is 1. The molecule has 1 aromatic carbocycles. The van der Waals surface area contributed by atoms with Gasteiger partial charge >= 0.3 is 88.1 Å². The van der Waals surface area contributed by atoms with Crippen LogP contribution in [0.3, 0.4) is 0 Å². The molecular formula is C13H16AsBrN2O6. The molecule has 0 unspecified atom stereocenters. The maximum atomic E-state index is 11.0. The molecule has 23 heavy (non-hydrogen) atoms. The van der Waals surface area contributed by atoms with E-state index in [-0.39, 0.29) is 11.2 Å². The standard InChI is InChI=1S/C8H10AsNO5.C5H4BrN.H2O/c1-5(11)10-7-4-2-3-6(8(7)12)9(13,14)15;6-5-2-1-3-7-4-5;/h2-4,12H,1H3,(H,10,11)(H2,13,14,15);1-4H;1H2. The Morgan fingerprint density at radius 2 is 1.91 bits per heavy atom. The number of halogens is 1. The van der Waals surface area contributed by atoms with Crippen LogP contribution in [0.2, 0.25) is 0 Å². The average molecular weight is 451 g/mol. The smallest absolute Gasteiger partial charge is 0.412 e. The van der Waals surface area contributed by atoms with Crippen molar-refractivity contribution in [3.63, 3.8) is 0 Å². The molecule has 0 aliphatic heterocycles. The fraction of sp³-hybridized carbons (Fsp3) is 0.0769. The summed E-state index contributed by atoms with van der Waals surface area (Å²) < 4.78 is 29.4. The number of anilines is 1. The Bertz CT molecular complexity index is 692. The third-order valence-electron chi connectivity index (χ3n) is 2.26. The van der Waals surface area contributed by atoms with Crippen LogP contribution in [-0.2, 0) is 8.53 Å². The number of phenols is 1. The predicted molar refractivity (Wildman–Crippen MR) is 88.5 cm³/mol. The molecular weight excluding hydrogens is 435 g/mol. The molecule has 0 saturated carbocycles. The van der Waals surface area contributed by atoms with E-state index in [4.69, 9.17) is 8.19 Å². The minimum Gasteiger partial charge on any atom is -0.412 e. The Kier molecular flexibility index (Phi) is 8.81. The van der Waals surface area contributed by atoms with E-state index in [0.717, 1.165) is 10.5 Å². The maximum absolute atomic E-state index is 11.0. The number of pyridine rings is 1.